The Bertz CT molecular complexity index is 1010. The number of aryl methyl sites for hydroxylation is 1. The third-order valence-corrected chi connectivity index (χ3v) is 4.92. The molecule has 0 fully saturated rings. The predicted octanol–water partition coefficient (Wildman–Crippen LogP) is 4.24. The van der Waals surface area contributed by atoms with Crippen LogP contribution < -0.4 is 5.56 Å². The Kier molecular flexibility index (Phi) is 6.32. The summed E-state index contributed by atoms with van der Waals surface area (Å²) in [6.45, 7) is 0.495. The van der Waals surface area contributed by atoms with Crippen molar-refractivity contribution < 1.29 is 4.79 Å². The molecule has 0 aliphatic carbocycles. The van der Waals surface area contributed by atoms with Crippen LogP contribution in [0.5, 0.6) is 0 Å². The Morgan fingerprint density at radius 1 is 0.893 bits per heavy atom. The second-order valence-electron chi connectivity index (χ2n) is 7.00. The van der Waals surface area contributed by atoms with Crippen LogP contribution >= 0.6 is 11.6 Å². The summed E-state index contributed by atoms with van der Waals surface area (Å²) in [5, 5.41) is 0.678. The number of hydrogen-bond donors (Lipinski definition) is 0. The number of hydrogen-bond acceptors (Lipinski definition) is 2. The van der Waals surface area contributed by atoms with Crippen molar-refractivity contribution in [2.45, 2.75) is 19.4 Å². The average molecular weight is 395 g/mol. The van der Waals surface area contributed by atoms with E-state index in [1.165, 1.54) is 0 Å². The van der Waals surface area contributed by atoms with Crippen LogP contribution in [0.15, 0.2) is 71.7 Å². The van der Waals surface area contributed by atoms with E-state index in [4.69, 9.17) is 11.6 Å². The molecule has 0 spiro atoms. The van der Waals surface area contributed by atoms with Gasteiger partial charge < -0.3 is 9.47 Å². The summed E-state index contributed by atoms with van der Waals surface area (Å²) in [5.74, 6) is 0.123. The highest BCUT2D eigenvalue weighted by molar-refractivity contribution is 6.30. The van der Waals surface area contributed by atoms with Crippen molar-refractivity contribution in [3.63, 3.8) is 0 Å². The molecule has 0 saturated carbocycles. The fourth-order valence-corrected chi connectivity index (χ4v) is 3.08. The third kappa shape index (κ3) is 5.11. The first-order chi connectivity index (χ1) is 13.4. The Morgan fingerprint density at radius 3 is 2.14 bits per heavy atom. The van der Waals surface area contributed by atoms with Gasteiger partial charge in [0.15, 0.2) is 0 Å². The Hall–Kier alpha value is -2.85. The number of carbonyl (C=O) groups excluding carboxylic acids is 1. The van der Waals surface area contributed by atoms with E-state index in [-0.39, 0.29) is 11.5 Å². The Morgan fingerprint density at radius 2 is 1.50 bits per heavy atom. The molecule has 3 rings (SSSR count). The zero-order chi connectivity index (χ0) is 20.1. The lowest BCUT2D eigenvalue weighted by molar-refractivity contribution is -0.128. The maximum absolute atomic E-state index is 12.2. The highest BCUT2D eigenvalue weighted by atomic mass is 35.5. The molecule has 0 unspecified atom stereocenters. The van der Waals surface area contributed by atoms with Crippen molar-refractivity contribution in [3.05, 3.63) is 93.4 Å². The number of halogens is 1. The van der Waals surface area contributed by atoms with Crippen molar-refractivity contribution >= 4 is 17.5 Å². The van der Waals surface area contributed by atoms with E-state index in [2.05, 4.69) is 0 Å². The summed E-state index contributed by atoms with van der Waals surface area (Å²) in [4.78, 5) is 25.6. The molecule has 0 aliphatic rings. The van der Waals surface area contributed by atoms with E-state index in [0.717, 1.165) is 22.3 Å². The van der Waals surface area contributed by atoms with Gasteiger partial charge in [0.1, 0.15) is 0 Å². The highest BCUT2D eigenvalue weighted by Gasteiger charge is 2.06. The maximum Gasteiger partial charge on any atom is 0.250 e. The van der Waals surface area contributed by atoms with Crippen molar-refractivity contribution in [1.82, 2.24) is 9.47 Å². The van der Waals surface area contributed by atoms with Gasteiger partial charge in [-0.1, -0.05) is 48.0 Å². The summed E-state index contributed by atoms with van der Waals surface area (Å²) in [6, 6.07) is 19.1. The highest BCUT2D eigenvalue weighted by Crippen LogP contribution is 2.20. The number of nitrogens with zero attached hydrogens (tertiary/aromatic N) is 2. The van der Waals surface area contributed by atoms with Gasteiger partial charge in [0.25, 0.3) is 5.56 Å². The topological polar surface area (TPSA) is 42.3 Å². The second kappa shape index (κ2) is 8.89. The van der Waals surface area contributed by atoms with Crippen molar-refractivity contribution in [1.29, 1.82) is 0 Å². The predicted molar refractivity (Wildman–Crippen MR) is 114 cm³/mol. The van der Waals surface area contributed by atoms with E-state index in [0.29, 0.717) is 24.4 Å². The SMILES string of the molecule is CN(C)C(=O)CCc1ccc(-c2ccc(=O)n(Cc3ccc(Cl)cc3)c2)cc1. The minimum atomic E-state index is -0.0440. The van der Waals surface area contributed by atoms with Crippen molar-refractivity contribution in [2.24, 2.45) is 0 Å². The molecule has 0 aliphatic heterocycles. The van der Waals surface area contributed by atoms with Gasteiger partial charge in [-0.05, 0) is 46.9 Å². The molecular formula is C23H23ClN2O2. The number of amides is 1. The molecule has 0 bridgehead atoms. The molecule has 0 atom stereocenters. The normalized spacial score (nSPS) is 10.7. The molecule has 1 amide bonds. The summed E-state index contributed by atoms with van der Waals surface area (Å²) in [5.41, 5.74) is 4.10. The second-order valence-corrected chi connectivity index (χ2v) is 7.43. The Labute approximate surface area is 170 Å². The molecule has 4 nitrogen and oxygen atoms in total. The van der Waals surface area contributed by atoms with E-state index < -0.39 is 0 Å². The van der Waals surface area contributed by atoms with E-state index in [1.54, 1.807) is 29.6 Å². The maximum atomic E-state index is 12.2. The third-order valence-electron chi connectivity index (χ3n) is 4.66. The van der Waals surface area contributed by atoms with Crippen LogP contribution in [0, 0.1) is 0 Å². The number of pyridine rings is 1. The van der Waals surface area contributed by atoms with Crippen molar-refractivity contribution in [2.75, 3.05) is 14.1 Å². The lowest BCUT2D eigenvalue weighted by Crippen LogP contribution is -2.21. The molecule has 5 heteroatoms. The lowest BCUT2D eigenvalue weighted by Gasteiger charge is -2.11. The van der Waals surface area contributed by atoms with Gasteiger partial charge in [-0.15, -0.1) is 0 Å². The minimum Gasteiger partial charge on any atom is -0.349 e. The number of aromatic nitrogens is 1. The van der Waals surface area contributed by atoms with Gasteiger partial charge in [-0.25, -0.2) is 0 Å². The Balaban J connectivity index is 1.75. The summed E-state index contributed by atoms with van der Waals surface area (Å²) < 4.78 is 1.70. The summed E-state index contributed by atoms with van der Waals surface area (Å²) in [7, 11) is 3.54. The minimum absolute atomic E-state index is 0.0440. The van der Waals surface area contributed by atoms with Gasteiger partial charge in [0.05, 0.1) is 6.54 Å². The van der Waals surface area contributed by atoms with Crippen LogP contribution in [-0.2, 0) is 17.8 Å². The zero-order valence-corrected chi connectivity index (χ0v) is 16.8. The van der Waals surface area contributed by atoms with Crippen LogP contribution in [-0.4, -0.2) is 29.5 Å². The fourth-order valence-electron chi connectivity index (χ4n) is 2.95. The number of carbonyl (C=O) groups is 1. The van der Waals surface area contributed by atoms with Gasteiger partial charge in [0, 0.05) is 37.8 Å². The number of rotatable bonds is 6. The smallest absolute Gasteiger partial charge is 0.250 e. The van der Waals surface area contributed by atoms with E-state index >= 15 is 0 Å². The molecule has 0 saturated heterocycles. The van der Waals surface area contributed by atoms with Gasteiger partial charge >= 0.3 is 0 Å². The molecule has 1 aromatic heterocycles. The van der Waals surface area contributed by atoms with Crippen LogP contribution in [0.4, 0.5) is 0 Å². The molecule has 0 radical (unpaired) electrons. The first kappa shape index (κ1) is 19.9. The van der Waals surface area contributed by atoms with Crippen LogP contribution in [0.25, 0.3) is 11.1 Å². The van der Waals surface area contributed by atoms with Gasteiger partial charge in [-0.3, -0.25) is 9.59 Å². The fraction of sp³-hybridized carbons (Fsp3) is 0.217. The molecule has 1 heterocycles. The monoisotopic (exact) mass is 394 g/mol. The lowest BCUT2D eigenvalue weighted by atomic mass is 10.0. The molecular weight excluding hydrogens is 372 g/mol. The zero-order valence-electron chi connectivity index (χ0n) is 16.1. The van der Waals surface area contributed by atoms with Gasteiger partial charge in [0.2, 0.25) is 5.91 Å². The first-order valence-electron chi connectivity index (χ1n) is 9.17. The van der Waals surface area contributed by atoms with Crippen LogP contribution in [0.1, 0.15) is 17.5 Å². The molecule has 3 aromatic rings. The summed E-state index contributed by atoms with van der Waals surface area (Å²) >= 11 is 5.93. The first-order valence-corrected chi connectivity index (χ1v) is 9.54. The summed E-state index contributed by atoms with van der Waals surface area (Å²) in [6.07, 6.45) is 3.09. The average Bonchev–Trinajstić information content (AvgIpc) is 2.70. The molecule has 28 heavy (non-hydrogen) atoms. The largest absolute Gasteiger partial charge is 0.349 e. The van der Waals surface area contributed by atoms with Crippen molar-refractivity contribution in [3.8, 4) is 11.1 Å². The quantitative estimate of drug-likeness (QED) is 0.627. The molecule has 2 aromatic carbocycles. The molecule has 0 N–H and O–H groups in total. The number of benzene rings is 2. The van der Waals surface area contributed by atoms with E-state index in [1.807, 2.05) is 60.8 Å². The van der Waals surface area contributed by atoms with E-state index in [9.17, 15) is 9.59 Å². The van der Waals surface area contributed by atoms with Gasteiger partial charge in [-0.2, -0.15) is 0 Å². The van der Waals surface area contributed by atoms with Crippen LogP contribution in [0.3, 0.4) is 0 Å². The molecule has 144 valence electrons. The standard InChI is InChI=1S/C23H23ClN2O2/c1-25(2)22(27)13-7-17-3-8-19(9-4-17)20-10-14-23(28)26(16-20)15-18-5-11-21(24)12-6-18/h3-6,8-12,14,16H,7,13,15H2,1-2H3. The van der Waals surface area contributed by atoms with Crippen LogP contribution in [0.2, 0.25) is 5.02 Å².